The molecule has 1 aliphatic rings. The van der Waals surface area contributed by atoms with Crippen LogP contribution in [0, 0.1) is 0 Å². The molecule has 0 aromatic heterocycles. The van der Waals surface area contributed by atoms with E-state index in [2.05, 4.69) is 54.7 Å². The van der Waals surface area contributed by atoms with Crippen molar-refractivity contribution in [1.29, 1.82) is 0 Å². The van der Waals surface area contributed by atoms with Gasteiger partial charge in [0.15, 0.2) is 0 Å². The number of hydrogen-bond acceptors (Lipinski definition) is 2. The van der Waals surface area contributed by atoms with E-state index in [1.807, 2.05) is 0 Å². The van der Waals surface area contributed by atoms with Gasteiger partial charge in [-0.3, -0.25) is 0 Å². The second-order valence-electron chi connectivity index (χ2n) is 5.13. The zero-order valence-electron chi connectivity index (χ0n) is 10.7. The molecule has 0 amide bonds. The van der Waals surface area contributed by atoms with Crippen LogP contribution < -0.4 is 10.1 Å². The molecule has 1 aliphatic heterocycles. The van der Waals surface area contributed by atoms with E-state index in [1.54, 1.807) is 0 Å². The van der Waals surface area contributed by atoms with Crippen LogP contribution in [0.25, 0.3) is 10.8 Å². The van der Waals surface area contributed by atoms with Gasteiger partial charge < -0.3 is 10.1 Å². The molecule has 1 fully saturated rings. The van der Waals surface area contributed by atoms with E-state index >= 15 is 0 Å². The van der Waals surface area contributed by atoms with Gasteiger partial charge in [-0.05, 0) is 49.2 Å². The molecule has 18 heavy (non-hydrogen) atoms. The van der Waals surface area contributed by atoms with Gasteiger partial charge in [0.1, 0.15) is 11.9 Å². The Kier molecular flexibility index (Phi) is 3.20. The highest BCUT2D eigenvalue weighted by Crippen LogP contribution is 2.23. The summed E-state index contributed by atoms with van der Waals surface area (Å²) in [6.45, 7) is 3.27. The van der Waals surface area contributed by atoms with Crippen molar-refractivity contribution in [2.75, 3.05) is 6.54 Å². The Balaban J connectivity index is 1.78. The maximum atomic E-state index is 6.09. The summed E-state index contributed by atoms with van der Waals surface area (Å²) in [5.41, 5.74) is 0. The van der Waals surface area contributed by atoms with E-state index < -0.39 is 0 Å². The molecular formula is C16H19NO. The van der Waals surface area contributed by atoms with Crippen molar-refractivity contribution in [2.45, 2.75) is 31.9 Å². The molecule has 2 aromatic rings. The van der Waals surface area contributed by atoms with Crippen molar-refractivity contribution in [1.82, 2.24) is 5.32 Å². The second-order valence-corrected chi connectivity index (χ2v) is 5.13. The normalized spacial score (nSPS) is 24.1. The van der Waals surface area contributed by atoms with Crippen LogP contribution in [0.15, 0.2) is 42.5 Å². The van der Waals surface area contributed by atoms with Gasteiger partial charge in [0, 0.05) is 6.04 Å². The Bertz CT molecular complexity index is 537. The van der Waals surface area contributed by atoms with Crippen molar-refractivity contribution < 1.29 is 4.74 Å². The zero-order chi connectivity index (χ0) is 12.4. The molecular weight excluding hydrogens is 222 g/mol. The Morgan fingerprint density at radius 1 is 1.11 bits per heavy atom. The average molecular weight is 241 g/mol. The van der Waals surface area contributed by atoms with Crippen molar-refractivity contribution in [3.63, 3.8) is 0 Å². The Morgan fingerprint density at radius 2 is 1.94 bits per heavy atom. The third-order valence-corrected chi connectivity index (χ3v) is 3.60. The van der Waals surface area contributed by atoms with Gasteiger partial charge in [0.2, 0.25) is 0 Å². The van der Waals surface area contributed by atoms with Gasteiger partial charge in [-0.2, -0.15) is 0 Å². The van der Waals surface area contributed by atoms with Gasteiger partial charge in [0.25, 0.3) is 0 Å². The van der Waals surface area contributed by atoms with E-state index in [4.69, 9.17) is 4.74 Å². The zero-order valence-corrected chi connectivity index (χ0v) is 10.7. The molecule has 94 valence electrons. The highest BCUT2D eigenvalue weighted by molar-refractivity contribution is 5.83. The lowest BCUT2D eigenvalue weighted by molar-refractivity contribution is 0.144. The number of nitrogens with one attached hydrogen (secondary N) is 1. The lowest BCUT2D eigenvalue weighted by Crippen LogP contribution is -2.40. The van der Waals surface area contributed by atoms with Crippen LogP contribution in [-0.4, -0.2) is 18.7 Å². The average Bonchev–Trinajstić information content (AvgIpc) is 2.39. The largest absolute Gasteiger partial charge is 0.490 e. The lowest BCUT2D eigenvalue weighted by atomic mass is 10.0. The van der Waals surface area contributed by atoms with Crippen LogP contribution >= 0.6 is 0 Å². The van der Waals surface area contributed by atoms with Gasteiger partial charge in [-0.25, -0.2) is 0 Å². The molecule has 0 bridgehead atoms. The first-order valence-electron chi connectivity index (χ1n) is 6.70. The topological polar surface area (TPSA) is 21.3 Å². The molecule has 1 N–H and O–H groups in total. The standard InChI is InChI=1S/C16H19NO/c1-12-10-16(8-9-17-12)18-15-7-6-13-4-2-3-5-14(13)11-15/h2-7,11-12,16-17H,8-10H2,1H3. The number of ether oxygens (including phenoxy) is 1. The number of hydrogen-bond donors (Lipinski definition) is 1. The van der Waals surface area contributed by atoms with Crippen LogP contribution in [0.3, 0.4) is 0 Å². The molecule has 0 spiro atoms. The van der Waals surface area contributed by atoms with Crippen LogP contribution in [-0.2, 0) is 0 Å². The van der Waals surface area contributed by atoms with E-state index in [0.717, 1.165) is 25.1 Å². The Labute approximate surface area is 108 Å². The Hall–Kier alpha value is -1.54. The summed E-state index contributed by atoms with van der Waals surface area (Å²) >= 11 is 0. The van der Waals surface area contributed by atoms with Crippen LogP contribution in [0.1, 0.15) is 19.8 Å². The van der Waals surface area contributed by atoms with E-state index in [-0.39, 0.29) is 0 Å². The third-order valence-electron chi connectivity index (χ3n) is 3.60. The molecule has 0 saturated carbocycles. The number of benzene rings is 2. The number of rotatable bonds is 2. The summed E-state index contributed by atoms with van der Waals surface area (Å²) in [6.07, 6.45) is 2.53. The minimum Gasteiger partial charge on any atom is -0.490 e. The molecule has 2 heteroatoms. The van der Waals surface area contributed by atoms with Crippen molar-refractivity contribution in [2.24, 2.45) is 0 Å². The lowest BCUT2D eigenvalue weighted by Gasteiger charge is -2.28. The van der Waals surface area contributed by atoms with Gasteiger partial charge in [-0.15, -0.1) is 0 Å². The molecule has 1 heterocycles. The predicted octanol–water partition coefficient (Wildman–Crippen LogP) is 3.36. The van der Waals surface area contributed by atoms with Crippen LogP contribution in [0.5, 0.6) is 5.75 Å². The maximum Gasteiger partial charge on any atom is 0.120 e. The Morgan fingerprint density at radius 3 is 2.78 bits per heavy atom. The van der Waals surface area contributed by atoms with Gasteiger partial charge in [-0.1, -0.05) is 30.3 Å². The molecule has 3 rings (SSSR count). The van der Waals surface area contributed by atoms with E-state index in [9.17, 15) is 0 Å². The van der Waals surface area contributed by atoms with Crippen LogP contribution in [0.4, 0.5) is 0 Å². The summed E-state index contributed by atoms with van der Waals surface area (Å²) in [7, 11) is 0. The summed E-state index contributed by atoms with van der Waals surface area (Å²) in [5, 5.41) is 5.96. The molecule has 2 nitrogen and oxygen atoms in total. The van der Waals surface area contributed by atoms with E-state index in [0.29, 0.717) is 12.1 Å². The summed E-state index contributed by atoms with van der Waals surface area (Å²) < 4.78 is 6.09. The summed E-state index contributed by atoms with van der Waals surface area (Å²) in [6, 6.07) is 15.3. The van der Waals surface area contributed by atoms with Crippen LogP contribution in [0.2, 0.25) is 0 Å². The first-order valence-corrected chi connectivity index (χ1v) is 6.70. The predicted molar refractivity (Wildman–Crippen MR) is 75.1 cm³/mol. The van der Waals surface area contributed by atoms with Gasteiger partial charge >= 0.3 is 0 Å². The fourth-order valence-electron chi connectivity index (χ4n) is 2.63. The smallest absolute Gasteiger partial charge is 0.120 e. The quantitative estimate of drug-likeness (QED) is 0.870. The third kappa shape index (κ3) is 2.49. The fraction of sp³-hybridized carbons (Fsp3) is 0.375. The molecule has 0 aliphatic carbocycles. The first-order chi connectivity index (χ1) is 8.81. The first kappa shape index (κ1) is 11.5. The highest BCUT2D eigenvalue weighted by atomic mass is 16.5. The fourth-order valence-corrected chi connectivity index (χ4v) is 2.63. The van der Waals surface area contributed by atoms with Crippen molar-refractivity contribution >= 4 is 10.8 Å². The van der Waals surface area contributed by atoms with Crippen molar-refractivity contribution in [3.05, 3.63) is 42.5 Å². The number of piperidine rings is 1. The molecule has 2 atom stereocenters. The highest BCUT2D eigenvalue weighted by Gasteiger charge is 2.19. The van der Waals surface area contributed by atoms with Crippen molar-refractivity contribution in [3.8, 4) is 5.75 Å². The molecule has 1 saturated heterocycles. The SMILES string of the molecule is CC1CC(Oc2ccc3ccccc3c2)CCN1. The summed E-state index contributed by atoms with van der Waals surface area (Å²) in [4.78, 5) is 0. The minimum absolute atomic E-state index is 0.349. The molecule has 2 aromatic carbocycles. The van der Waals surface area contributed by atoms with Gasteiger partial charge in [0.05, 0.1) is 0 Å². The maximum absolute atomic E-state index is 6.09. The molecule has 0 radical (unpaired) electrons. The summed E-state index contributed by atoms with van der Waals surface area (Å²) in [5.74, 6) is 0.993. The monoisotopic (exact) mass is 241 g/mol. The van der Waals surface area contributed by atoms with E-state index in [1.165, 1.54) is 10.8 Å². The minimum atomic E-state index is 0.349. The molecule has 2 unspecified atom stereocenters. The second kappa shape index (κ2) is 4.99. The number of fused-ring (bicyclic) bond motifs is 1.